The highest BCUT2D eigenvalue weighted by Gasteiger charge is 2.40. The van der Waals surface area contributed by atoms with Crippen molar-refractivity contribution < 1.29 is 19.1 Å². The monoisotopic (exact) mass is 476 g/mol. The van der Waals surface area contributed by atoms with Gasteiger partial charge in [-0.05, 0) is 43.5 Å². The van der Waals surface area contributed by atoms with Gasteiger partial charge in [-0.25, -0.2) is 0 Å². The van der Waals surface area contributed by atoms with Gasteiger partial charge in [-0.2, -0.15) is 0 Å². The van der Waals surface area contributed by atoms with E-state index in [4.69, 9.17) is 4.74 Å². The van der Waals surface area contributed by atoms with E-state index in [9.17, 15) is 14.4 Å². The average molecular weight is 477 g/mol. The summed E-state index contributed by atoms with van der Waals surface area (Å²) in [5.41, 5.74) is 3.68. The molecule has 35 heavy (non-hydrogen) atoms. The first kappa shape index (κ1) is 23.5. The van der Waals surface area contributed by atoms with Gasteiger partial charge in [-0.3, -0.25) is 24.6 Å². The van der Waals surface area contributed by atoms with Crippen molar-refractivity contribution in [3.8, 4) is 5.75 Å². The van der Waals surface area contributed by atoms with Crippen LogP contribution in [0.4, 0.5) is 0 Å². The van der Waals surface area contributed by atoms with Crippen LogP contribution in [-0.4, -0.2) is 58.7 Å². The lowest BCUT2D eigenvalue weighted by Gasteiger charge is -2.39. The summed E-state index contributed by atoms with van der Waals surface area (Å²) < 4.78 is 6.13. The van der Waals surface area contributed by atoms with E-state index in [1.165, 1.54) is 5.56 Å². The Hall–Kier alpha value is -3.23. The van der Waals surface area contributed by atoms with Gasteiger partial charge in [0, 0.05) is 49.3 Å². The highest BCUT2D eigenvalue weighted by atomic mass is 16.5. The van der Waals surface area contributed by atoms with E-state index >= 15 is 0 Å². The minimum absolute atomic E-state index is 0.194. The number of carbonyl (C=O) groups is 3. The molecule has 2 aromatic rings. The van der Waals surface area contributed by atoms with Crippen LogP contribution in [0.3, 0.4) is 0 Å². The number of imide groups is 1. The first-order valence-electron chi connectivity index (χ1n) is 12.3. The van der Waals surface area contributed by atoms with Crippen LogP contribution >= 0.6 is 0 Å². The molecule has 0 aromatic heterocycles. The second-order valence-electron chi connectivity index (χ2n) is 9.82. The summed E-state index contributed by atoms with van der Waals surface area (Å²) in [7, 11) is 0. The summed E-state index contributed by atoms with van der Waals surface area (Å²) in [5, 5.41) is 5.81. The number of nitrogens with zero attached hydrogens (tertiary/aromatic N) is 2. The molecule has 8 nitrogen and oxygen atoms in total. The number of nitrogens with one attached hydrogen (secondary N) is 2. The van der Waals surface area contributed by atoms with Crippen molar-refractivity contribution in [2.75, 3.05) is 13.1 Å². The third-order valence-electron chi connectivity index (χ3n) is 7.33. The molecule has 2 fully saturated rings. The summed E-state index contributed by atoms with van der Waals surface area (Å²) >= 11 is 0. The smallest absolute Gasteiger partial charge is 0.255 e. The number of hydrogen-bond donors (Lipinski definition) is 2. The summed E-state index contributed by atoms with van der Waals surface area (Å²) in [6.45, 7) is 8.17. The first-order chi connectivity index (χ1) is 16.9. The van der Waals surface area contributed by atoms with Crippen LogP contribution < -0.4 is 15.4 Å². The molecular weight excluding hydrogens is 444 g/mol. The molecule has 0 spiro atoms. The number of piperazine rings is 1. The fraction of sp³-hybridized carbons (Fsp3) is 0.444. The van der Waals surface area contributed by atoms with E-state index in [2.05, 4.69) is 53.6 Å². The summed E-state index contributed by atoms with van der Waals surface area (Å²) in [6, 6.07) is 14.3. The Bertz CT molecular complexity index is 1120. The minimum atomic E-state index is -0.630. The zero-order valence-electron chi connectivity index (χ0n) is 20.3. The van der Waals surface area contributed by atoms with E-state index in [0.29, 0.717) is 43.0 Å². The normalized spacial score (nSPS) is 24.9. The number of fused-ring (bicyclic) bond motifs is 1. The molecule has 8 heteroatoms. The van der Waals surface area contributed by atoms with Crippen LogP contribution in [0.5, 0.6) is 5.75 Å². The van der Waals surface area contributed by atoms with Crippen LogP contribution in [0, 0.1) is 0 Å². The Morgan fingerprint density at radius 3 is 2.40 bits per heavy atom. The van der Waals surface area contributed by atoms with Crippen LogP contribution in [0.2, 0.25) is 0 Å². The van der Waals surface area contributed by atoms with Crippen LogP contribution in [-0.2, 0) is 29.3 Å². The second-order valence-corrected chi connectivity index (χ2v) is 9.82. The van der Waals surface area contributed by atoms with Gasteiger partial charge in [0.05, 0.1) is 6.54 Å². The zero-order chi connectivity index (χ0) is 24.5. The van der Waals surface area contributed by atoms with Gasteiger partial charge >= 0.3 is 0 Å². The van der Waals surface area contributed by atoms with Crippen molar-refractivity contribution in [3.05, 3.63) is 64.7 Å². The lowest BCUT2D eigenvalue weighted by molar-refractivity contribution is -0.136. The molecule has 2 N–H and O–H groups in total. The first-order valence-corrected chi connectivity index (χ1v) is 12.3. The van der Waals surface area contributed by atoms with Gasteiger partial charge in [-0.1, -0.05) is 30.3 Å². The summed E-state index contributed by atoms with van der Waals surface area (Å²) in [4.78, 5) is 40.9. The van der Waals surface area contributed by atoms with Crippen molar-refractivity contribution >= 4 is 17.7 Å². The quantitative estimate of drug-likeness (QED) is 0.622. The Labute approximate surface area is 205 Å². The predicted octanol–water partition coefficient (Wildman–Crippen LogP) is 2.21. The molecular formula is C27H32N4O4. The fourth-order valence-electron chi connectivity index (χ4n) is 5.29. The molecule has 2 aromatic carbocycles. The largest absolute Gasteiger partial charge is 0.489 e. The molecule has 0 radical (unpaired) electrons. The molecule has 3 atom stereocenters. The van der Waals surface area contributed by atoms with E-state index in [0.717, 1.165) is 30.8 Å². The second kappa shape index (κ2) is 9.79. The zero-order valence-corrected chi connectivity index (χ0v) is 20.3. The maximum absolute atomic E-state index is 13.0. The predicted molar refractivity (Wildman–Crippen MR) is 131 cm³/mol. The molecule has 3 amide bonds. The molecule has 5 rings (SSSR count). The molecule has 3 aliphatic heterocycles. The topological polar surface area (TPSA) is 91.0 Å². The van der Waals surface area contributed by atoms with Crippen molar-refractivity contribution in [1.29, 1.82) is 0 Å². The van der Waals surface area contributed by atoms with Crippen molar-refractivity contribution in [3.63, 3.8) is 0 Å². The molecule has 0 aliphatic carbocycles. The maximum atomic E-state index is 13.0. The number of piperidine rings is 1. The molecule has 3 aliphatic rings. The number of hydrogen-bond acceptors (Lipinski definition) is 6. The highest BCUT2D eigenvalue weighted by Crippen LogP contribution is 2.34. The third kappa shape index (κ3) is 4.81. The number of ether oxygens (including phenoxy) is 1. The van der Waals surface area contributed by atoms with Crippen LogP contribution in [0.25, 0.3) is 0 Å². The van der Waals surface area contributed by atoms with E-state index in [1.807, 2.05) is 6.07 Å². The molecule has 2 saturated heterocycles. The average Bonchev–Trinajstić information content (AvgIpc) is 3.18. The van der Waals surface area contributed by atoms with Gasteiger partial charge < -0.3 is 15.0 Å². The summed E-state index contributed by atoms with van der Waals surface area (Å²) in [5.74, 6) is -0.240. The molecule has 0 saturated carbocycles. The molecule has 3 heterocycles. The lowest BCUT2D eigenvalue weighted by Crippen LogP contribution is -2.54. The molecule has 3 unspecified atom stereocenters. The SMILES string of the molecule is CC1CNCC(C)N1Cc1ccc(COc2cccc3c2CN(C2CCC(=O)NC2=O)C3=O)cc1. The highest BCUT2D eigenvalue weighted by molar-refractivity contribution is 6.05. The molecule has 184 valence electrons. The number of rotatable bonds is 6. The standard InChI is InChI=1S/C27H32N4O4/c1-17-12-28-13-18(2)30(17)14-19-6-8-20(9-7-19)16-35-24-5-3-4-21-22(24)15-31(27(21)34)23-10-11-25(32)29-26(23)33/h3-9,17-18,23,28H,10-16H2,1-2H3,(H,29,32,33). The van der Waals surface area contributed by atoms with Gasteiger partial charge in [0.15, 0.2) is 0 Å². The van der Waals surface area contributed by atoms with E-state index < -0.39 is 11.9 Å². The van der Waals surface area contributed by atoms with Gasteiger partial charge in [0.2, 0.25) is 11.8 Å². The van der Waals surface area contributed by atoms with Crippen molar-refractivity contribution in [2.45, 2.75) is 64.5 Å². The van der Waals surface area contributed by atoms with Crippen LogP contribution in [0.15, 0.2) is 42.5 Å². The fourth-order valence-corrected chi connectivity index (χ4v) is 5.29. The van der Waals surface area contributed by atoms with Gasteiger partial charge in [-0.15, -0.1) is 0 Å². The van der Waals surface area contributed by atoms with Gasteiger partial charge in [0.25, 0.3) is 5.91 Å². The number of benzene rings is 2. The Balaban J connectivity index is 1.23. The van der Waals surface area contributed by atoms with Crippen LogP contribution in [0.1, 0.15) is 53.7 Å². The molecule has 0 bridgehead atoms. The Morgan fingerprint density at radius 1 is 0.971 bits per heavy atom. The minimum Gasteiger partial charge on any atom is -0.489 e. The number of amides is 3. The third-order valence-corrected chi connectivity index (χ3v) is 7.33. The van der Waals surface area contributed by atoms with Crippen molar-refractivity contribution in [2.24, 2.45) is 0 Å². The van der Waals surface area contributed by atoms with E-state index in [1.54, 1.807) is 17.0 Å². The summed E-state index contributed by atoms with van der Waals surface area (Å²) in [6.07, 6.45) is 0.584. The number of carbonyl (C=O) groups excluding carboxylic acids is 3. The lowest BCUT2D eigenvalue weighted by atomic mass is 10.0. The van der Waals surface area contributed by atoms with E-state index in [-0.39, 0.29) is 18.2 Å². The Morgan fingerprint density at radius 2 is 1.69 bits per heavy atom. The maximum Gasteiger partial charge on any atom is 0.255 e. The Kier molecular flexibility index (Phi) is 6.58. The van der Waals surface area contributed by atoms with Gasteiger partial charge in [0.1, 0.15) is 18.4 Å². The van der Waals surface area contributed by atoms with Crippen molar-refractivity contribution in [1.82, 2.24) is 20.4 Å².